The molecule has 0 bridgehead atoms. The van der Waals surface area contributed by atoms with E-state index in [9.17, 15) is 12.8 Å². The van der Waals surface area contributed by atoms with Crippen molar-refractivity contribution < 1.29 is 12.8 Å². The number of benzene rings is 2. The predicted molar refractivity (Wildman–Crippen MR) is 79.6 cm³/mol. The molecule has 0 aliphatic heterocycles. The third-order valence-electron chi connectivity index (χ3n) is 2.61. The second kappa shape index (κ2) is 6.22. The Hall–Kier alpha value is -0.950. The molecule has 0 aliphatic carbocycles. The Bertz CT molecular complexity index is 737. The second-order valence-electron chi connectivity index (χ2n) is 3.99. The molecule has 0 fully saturated rings. The maximum atomic E-state index is 13.0. The van der Waals surface area contributed by atoms with Crippen LogP contribution >= 0.6 is 27.5 Å². The van der Waals surface area contributed by atoms with Crippen LogP contribution in [0.4, 0.5) is 4.39 Å². The Labute approximate surface area is 130 Å². The second-order valence-corrected chi connectivity index (χ2v) is 7.02. The first-order valence-electron chi connectivity index (χ1n) is 5.58. The standard InChI is InChI=1S/C13H10BrClFNO2S/c14-11-4-2-1-3-9(11)8-17-20(18,19)10-5-6-13(16)12(15)7-10/h1-7,17H,8H2. The maximum absolute atomic E-state index is 13.0. The van der Waals surface area contributed by atoms with E-state index < -0.39 is 15.8 Å². The van der Waals surface area contributed by atoms with Crippen LogP contribution in [-0.2, 0) is 16.6 Å². The maximum Gasteiger partial charge on any atom is 0.240 e. The van der Waals surface area contributed by atoms with Crippen LogP contribution in [0.15, 0.2) is 51.8 Å². The van der Waals surface area contributed by atoms with Gasteiger partial charge in [0.1, 0.15) is 5.82 Å². The minimum absolute atomic E-state index is 0.0732. The molecule has 0 aliphatic rings. The highest BCUT2D eigenvalue weighted by Crippen LogP contribution is 2.20. The molecule has 2 aromatic carbocycles. The molecule has 0 aromatic heterocycles. The van der Waals surface area contributed by atoms with Gasteiger partial charge in [-0.15, -0.1) is 0 Å². The third-order valence-corrected chi connectivity index (χ3v) is 5.07. The summed E-state index contributed by atoms with van der Waals surface area (Å²) in [5.41, 5.74) is 0.796. The molecule has 20 heavy (non-hydrogen) atoms. The van der Waals surface area contributed by atoms with Crippen molar-refractivity contribution in [2.24, 2.45) is 0 Å². The number of rotatable bonds is 4. The van der Waals surface area contributed by atoms with Crippen LogP contribution in [0.5, 0.6) is 0 Å². The lowest BCUT2D eigenvalue weighted by atomic mass is 10.2. The van der Waals surface area contributed by atoms with Crippen molar-refractivity contribution in [2.45, 2.75) is 11.4 Å². The lowest BCUT2D eigenvalue weighted by Crippen LogP contribution is -2.23. The van der Waals surface area contributed by atoms with E-state index in [0.717, 1.165) is 22.2 Å². The van der Waals surface area contributed by atoms with E-state index in [1.807, 2.05) is 18.2 Å². The minimum atomic E-state index is -3.74. The molecular weight excluding hydrogens is 369 g/mol. The van der Waals surface area contributed by atoms with Gasteiger partial charge in [-0.05, 0) is 29.8 Å². The molecule has 0 amide bonds. The van der Waals surface area contributed by atoms with Crippen LogP contribution in [0.25, 0.3) is 0 Å². The van der Waals surface area contributed by atoms with Gasteiger partial charge in [-0.3, -0.25) is 0 Å². The SMILES string of the molecule is O=S(=O)(NCc1ccccc1Br)c1ccc(F)c(Cl)c1. The normalized spacial score (nSPS) is 11.6. The smallest absolute Gasteiger partial charge is 0.207 e. The lowest BCUT2D eigenvalue weighted by Gasteiger charge is -2.08. The highest BCUT2D eigenvalue weighted by Gasteiger charge is 2.16. The number of halogens is 3. The molecule has 0 atom stereocenters. The lowest BCUT2D eigenvalue weighted by molar-refractivity contribution is 0.580. The van der Waals surface area contributed by atoms with E-state index in [-0.39, 0.29) is 16.5 Å². The molecule has 0 heterocycles. The Balaban J connectivity index is 2.19. The number of hydrogen-bond donors (Lipinski definition) is 1. The van der Waals surface area contributed by atoms with Crippen LogP contribution < -0.4 is 4.72 Å². The molecule has 0 saturated heterocycles. The third kappa shape index (κ3) is 3.58. The van der Waals surface area contributed by atoms with Crippen molar-refractivity contribution in [3.05, 3.63) is 63.3 Å². The van der Waals surface area contributed by atoms with Crippen molar-refractivity contribution in [2.75, 3.05) is 0 Å². The van der Waals surface area contributed by atoms with Crippen molar-refractivity contribution in [1.29, 1.82) is 0 Å². The number of sulfonamides is 1. The Morgan fingerprint density at radius 1 is 1.20 bits per heavy atom. The van der Waals surface area contributed by atoms with Crippen molar-refractivity contribution >= 4 is 37.6 Å². The topological polar surface area (TPSA) is 46.2 Å². The minimum Gasteiger partial charge on any atom is -0.207 e. The molecule has 0 saturated carbocycles. The Kier molecular flexibility index (Phi) is 4.80. The molecular formula is C13H10BrClFNO2S. The summed E-state index contributed by atoms with van der Waals surface area (Å²) in [4.78, 5) is -0.0732. The Morgan fingerprint density at radius 2 is 1.90 bits per heavy atom. The molecule has 0 spiro atoms. The molecule has 2 rings (SSSR count). The molecule has 3 nitrogen and oxygen atoms in total. The zero-order valence-corrected chi connectivity index (χ0v) is 13.3. The quantitative estimate of drug-likeness (QED) is 0.881. The predicted octanol–water partition coefficient (Wildman–Crippen LogP) is 3.72. The molecule has 7 heteroatoms. The monoisotopic (exact) mass is 377 g/mol. The summed E-state index contributed by atoms with van der Waals surface area (Å²) in [7, 11) is -3.74. The summed E-state index contributed by atoms with van der Waals surface area (Å²) in [6.07, 6.45) is 0. The van der Waals surface area contributed by atoms with Gasteiger partial charge in [0.15, 0.2) is 0 Å². The fourth-order valence-electron chi connectivity index (χ4n) is 1.54. The van der Waals surface area contributed by atoms with Crippen LogP contribution in [0.1, 0.15) is 5.56 Å². The van der Waals surface area contributed by atoms with Crippen LogP contribution in [0, 0.1) is 5.82 Å². The van der Waals surface area contributed by atoms with Crippen LogP contribution in [0.3, 0.4) is 0 Å². The molecule has 0 unspecified atom stereocenters. The van der Waals surface area contributed by atoms with Crippen molar-refractivity contribution in [1.82, 2.24) is 4.72 Å². The average Bonchev–Trinajstić information content (AvgIpc) is 2.41. The summed E-state index contributed by atoms with van der Waals surface area (Å²) < 4.78 is 40.4. The van der Waals surface area contributed by atoms with Crippen molar-refractivity contribution in [3.63, 3.8) is 0 Å². The largest absolute Gasteiger partial charge is 0.240 e. The zero-order chi connectivity index (χ0) is 14.8. The van der Waals surface area contributed by atoms with Crippen LogP contribution in [-0.4, -0.2) is 8.42 Å². The van der Waals surface area contributed by atoms with E-state index in [1.165, 1.54) is 6.07 Å². The van der Waals surface area contributed by atoms with E-state index in [4.69, 9.17) is 11.6 Å². The zero-order valence-electron chi connectivity index (χ0n) is 10.1. The van der Waals surface area contributed by atoms with Crippen LogP contribution in [0.2, 0.25) is 5.02 Å². The molecule has 2 aromatic rings. The van der Waals surface area contributed by atoms with E-state index in [2.05, 4.69) is 20.7 Å². The first kappa shape index (κ1) is 15.4. The van der Waals surface area contributed by atoms with Gasteiger partial charge in [0, 0.05) is 11.0 Å². The highest BCUT2D eigenvalue weighted by molar-refractivity contribution is 9.10. The van der Waals surface area contributed by atoms with Gasteiger partial charge in [0.05, 0.1) is 9.92 Å². The summed E-state index contributed by atoms with van der Waals surface area (Å²) in [6.45, 7) is 0.124. The van der Waals surface area contributed by atoms with Gasteiger partial charge in [-0.25, -0.2) is 17.5 Å². The Morgan fingerprint density at radius 3 is 2.55 bits per heavy atom. The highest BCUT2D eigenvalue weighted by atomic mass is 79.9. The van der Waals surface area contributed by atoms with E-state index >= 15 is 0 Å². The van der Waals surface area contributed by atoms with Gasteiger partial charge >= 0.3 is 0 Å². The number of nitrogens with one attached hydrogen (secondary N) is 1. The van der Waals surface area contributed by atoms with E-state index in [1.54, 1.807) is 6.07 Å². The molecule has 106 valence electrons. The van der Waals surface area contributed by atoms with Gasteiger partial charge < -0.3 is 0 Å². The fourth-order valence-corrected chi connectivity index (χ4v) is 3.24. The average molecular weight is 379 g/mol. The summed E-state index contributed by atoms with van der Waals surface area (Å²) in [5, 5.41) is -0.228. The van der Waals surface area contributed by atoms with Gasteiger partial charge in [0.25, 0.3) is 0 Å². The summed E-state index contributed by atoms with van der Waals surface area (Å²) in [5.74, 6) is -0.656. The first-order valence-corrected chi connectivity index (χ1v) is 8.24. The molecule has 1 N–H and O–H groups in total. The fraction of sp³-hybridized carbons (Fsp3) is 0.0769. The molecule has 0 radical (unpaired) electrons. The number of hydrogen-bond acceptors (Lipinski definition) is 2. The first-order chi connectivity index (χ1) is 9.40. The van der Waals surface area contributed by atoms with Gasteiger partial charge in [-0.1, -0.05) is 45.7 Å². The summed E-state index contributed by atoms with van der Waals surface area (Å²) in [6, 6.07) is 10.5. The van der Waals surface area contributed by atoms with Gasteiger partial charge in [0.2, 0.25) is 10.0 Å². The van der Waals surface area contributed by atoms with Crippen molar-refractivity contribution in [3.8, 4) is 0 Å². The van der Waals surface area contributed by atoms with Gasteiger partial charge in [-0.2, -0.15) is 0 Å². The van der Waals surface area contributed by atoms with E-state index in [0.29, 0.717) is 0 Å². The summed E-state index contributed by atoms with van der Waals surface area (Å²) >= 11 is 8.92.